The number of aromatic amines is 1. The lowest BCUT2D eigenvalue weighted by Gasteiger charge is -2.25. The molecule has 1 heterocycles. The maximum Gasteiger partial charge on any atom is 0.160 e. The minimum atomic E-state index is -0.270. The molecule has 0 fully saturated rings. The molecule has 0 spiro atoms. The molecule has 23 heavy (non-hydrogen) atoms. The fraction of sp³-hybridized carbons (Fsp3) is 0.222. The van der Waals surface area contributed by atoms with E-state index in [0.717, 1.165) is 22.0 Å². The summed E-state index contributed by atoms with van der Waals surface area (Å²) >= 11 is 0. The molecule has 5 heteroatoms. The van der Waals surface area contributed by atoms with Gasteiger partial charge in [-0.25, -0.2) is 4.39 Å². The largest absolute Gasteiger partial charge is 0.504 e. The van der Waals surface area contributed by atoms with Gasteiger partial charge in [0.05, 0.1) is 13.2 Å². The number of benzene rings is 2. The summed E-state index contributed by atoms with van der Waals surface area (Å²) in [5.74, 6) is 0.243. The quantitative estimate of drug-likeness (QED) is 0.772. The minimum absolute atomic E-state index is 0.0860. The summed E-state index contributed by atoms with van der Waals surface area (Å²) in [6.45, 7) is 0. The number of halogens is 1. The van der Waals surface area contributed by atoms with E-state index in [1.54, 1.807) is 18.2 Å². The third kappa shape index (κ3) is 2.75. The third-order valence-electron chi connectivity index (χ3n) is 4.01. The first-order chi connectivity index (χ1) is 11.0. The van der Waals surface area contributed by atoms with Crippen LogP contribution in [0, 0.1) is 5.82 Å². The normalized spacial score (nSPS) is 12.7. The Balaban J connectivity index is 2.14. The van der Waals surface area contributed by atoms with Gasteiger partial charge in [-0.3, -0.25) is 4.90 Å². The summed E-state index contributed by atoms with van der Waals surface area (Å²) in [5, 5.41) is 10.9. The fourth-order valence-corrected chi connectivity index (χ4v) is 2.97. The van der Waals surface area contributed by atoms with Crippen LogP contribution in [0.3, 0.4) is 0 Å². The molecule has 0 amide bonds. The standard InChI is InChI=1S/C18H19FN2O2/c1-21(2)18(11-4-7-17(23-3)16(22)8-11)14-10-20-15-6-5-12(19)9-13(14)15/h4-10,18,20,22H,1-3H3. The van der Waals surface area contributed by atoms with Crippen LogP contribution in [0.4, 0.5) is 4.39 Å². The zero-order valence-electron chi connectivity index (χ0n) is 13.3. The van der Waals surface area contributed by atoms with Crippen molar-refractivity contribution in [3.8, 4) is 11.5 Å². The van der Waals surface area contributed by atoms with Gasteiger partial charge < -0.3 is 14.8 Å². The van der Waals surface area contributed by atoms with Gasteiger partial charge in [0.1, 0.15) is 5.82 Å². The van der Waals surface area contributed by atoms with E-state index in [0.29, 0.717) is 5.75 Å². The van der Waals surface area contributed by atoms with Gasteiger partial charge in [0.15, 0.2) is 11.5 Å². The van der Waals surface area contributed by atoms with E-state index in [2.05, 4.69) is 4.98 Å². The molecule has 0 saturated heterocycles. The van der Waals surface area contributed by atoms with Crippen LogP contribution in [0.5, 0.6) is 11.5 Å². The van der Waals surface area contributed by atoms with Crippen molar-refractivity contribution in [2.45, 2.75) is 6.04 Å². The highest BCUT2D eigenvalue weighted by Gasteiger charge is 2.21. The number of phenolic OH excluding ortho intramolecular Hbond substituents is 1. The lowest BCUT2D eigenvalue weighted by Crippen LogP contribution is -2.20. The first-order valence-corrected chi connectivity index (χ1v) is 7.31. The van der Waals surface area contributed by atoms with E-state index < -0.39 is 0 Å². The zero-order chi connectivity index (χ0) is 16.6. The molecule has 3 aromatic rings. The zero-order valence-corrected chi connectivity index (χ0v) is 13.3. The van der Waals surface area contributed by atoms with Gasteiger partial charge in [-0.15, -0.1) is 0 Å². The lowest BCUT2D eigenvalue weighted by atomic mass is 9.97. The second-order valence-corrected chi connectivity index (χ2v) is 5.73. The second-order valence-electron chi connectivity index (χ2n) is 5.73. The topological polar surface area (TPSA) is 48.5 Å². The van der Waals surface area contributed by atoms with Gasteiger partial charge in [-0.2, -0.15) is 0 Å². The predicted molar refractivity (Wildman–Crippen MR) is 88.4 cm³/mol. The average molecular weight is 314 g/mol. The van der Waals surface area contributed by atoms with Crippen molar-refractivity contribution in [2.75, 3.05) is 21.2 Å². The van der Waals surface area contributed by atoms with Gasteiger partial charge in [0, 0.05) is 17.1 Å². The number of rotatable bonds is 4. The number of aromatic nitrogens is 1. The van der Waals surface area contributed by atoms with Crippen LogP contribution in [-0.2, 0) is 0 Å². The molecule has 2 aromatic carbocycles. The fourth-order valence-electron chi connectivity index (χ4n) is 2.97. The number of hydrogen-bond acceptors (Lipinski definition) is 3. The molecular formula is C18H19FN2O2. The van der Waals surface area contributed by atoms with Gasteiger partial charge in [-0.1, -0.05) is 6.07 Å². The van der Waals surface area contributed by atoms with Gasteiger partial charge >= 0.3 is 0 Å². The number of methoxy groups -OCH3 is 1. The van der Waals surface area contributed by atoms with E-state index in [1.807, 2.05) is 31.3 Å². The molecule has 120 valence electrons. The molecule has 0 bridgehead atoms. The van der Waals surface area contributed by atoms with Crippen LogP contribution in [0.2, 0.25) is 0 Å². The second kappa shape index (κ2) is 5.93. The maximum absolute atomic E-state index is 13.6. The maximum atomic E-state index is 13.6. The van der Waals surface area contributed by atoms with Crippen LogP contribution in [-0.4, -0.2) is 36.2 Å². The van der Waals surface area contributed by atoms with E-state index >= 15 is 0 Å². The summed E-state index contributed by atoms with van der Waals surface area (Å²) in [7, 11) is 5.41. The molecule has 4 nitrogen and oxygen atoms in total. The minimum Gasteiger partial charge on any atom is -0.504 e. The number of ether oxygens (including phenoxy) is 1. The summed E-state index contributed by atoms with van der Waals surface area (Å²) in [4.78, 5) is 5.20. The molecule has 0 aliphatic carbocycles. The Morgan fingerprint density at radius 1 is 1.17 bits per heavy atom. The van der Waals surface area contributed by atoms with E-state index in [-0.39, 0.29) is 17.6 Å². The Hall–Kier alpha value is -2.53. The van der Waals surface area contributed by atoms with E-state index in [9.17, 15) is 9.50 Å². The Morgan fingerprint density at radius 3 is 2.61 bits per heavy atom. The number of phenols is 1. The molecule has 0 saturated carbocycles. The van der Waals surface area contributed by atoms with Gasteiger partial charge in [-0.05, 0) is 55.6 Å². The van der Waals surface area contributed by atoms with Crippen molar-refractivity contribution < 1.29 is 14.2 Å². The van der Waals surface area contributed by atoms with Gasteiger partial charge in [0.2, 0.25) is 0 Å². The van der Waals surface area contributed by atoms with Crippen LogP contribution < -0.4 is 4.74 Å². The van der Waals surface area contributed by atoms with Crippen molar-refractivity contribution in [3.63, 3.8) is 0 Å². The average Bonchev–Trinajstić information content (AvgIpc) is 2.90. The monoisotopic (exact) mass is 314 g/mol. The number of aromatic hydroxyl groups is 1. The molecular weight excluding hydrogens is 295 g/mol. The third-order valence-corrected chi connectivity index (χ3v) is 4.01. The van der Waals surface area contributed by atoms with Crippen molar-refractivity contribution >= 4 is 10.9 Å². The van der Waals surface area contributed by atoms with Crippen molar-refractivity contribution in [2.24, 2.45) is 0 Å². The summed E-state index contributed by atoms with van der Waals surface area (Å²) < 4.78 is 18.7. The Morgan fingerprint density at radius 2 is 1.96 bits per heavy atom. The smallest absolute Gasteiger partial charge is 0.160 e. The first-order valence-electron chi connectivity index (χ1n) is 7.31. The molecule has 2 N–H and O–H groups in total. The Labute approximate surface area is 134 Å². The van der Waals surface area contributed by atoms with E-state index in [1.165, 1.54) is 19.2 Å². The number of H-pyrrole nitrogens is 1. The first kappa shape index (κ1) is 15.4. The van der Waals surface area contributed by atoms with E-state index in [4.69, 9.17) is 4.74 Å². The molecule has 1 aromatic heterocycles. The predicted octanol–water partition coefficient (Wildman–Crippen LogP) is 3.67. The summed E-state index contributed by atoms with van der Waals surface area (Å²) in [6, 6.07) is 9.89. The molecule has 0 aliphatic heterocycles. The SMILES string of the molecule is COc1ccc(C(c2c[nH]c3ccc(F)cc23)N(C)C)cc1O. The lowest BCUT2D eigenvalue weighted by molar-refractivity contribution is 0.339. The number of nitrogens with one attached hydrogen (secondary N) is 1. The Kier molecular flexibility index (Phi) is 3.96. The Bertz CT molecular complexity index is 842. The number of hydrogen-bond donors (Lipinski definition) is 2. The molecule has 1 atom stereocenters. The van der Waals surface area contributed by atoms with Crippen molar-refractivity contribution in [1.82, 2.24) is 9.88 Å². The number of nitrogens with zero attached hydrogens (tertiary/aromatic N) is 1. The molecule has 1 unspecified atom stereocenters. The highest BCUT2D eigenvalue weighted by atomic mass is 19.1. The summed E-state index contributed by atoms with van der Waals surface area (Å²) in [6.07, 6.45) is 1.88. The van der Waals surface area contributed by atoms with Crippen molar-refractivity contribution in [3.05, 3.63) is 59.5 Å². The van der Waals surface area contributed by atoms with Crippen LogP contribution >= 0.6 is 0 Å². The van der Waals surface area contributed by atoms with Crippen LogP contribution in [0.1, 0.15) is 17.2 Å². The number of fused-ring (bicyclic) bond motifs is 1. The van der Waals surface area contributed by atoms with Crippen molar-refractivity contribution in [1.29, 1.82) is 0 Å². The molecule has 3 rings (SSSR count). The highest BCUT2D eigenvalue weighted by molar-refractivity contribution is 5.84. The summed E-state index contributed by atoms with van der Waals surface area (Å²) in [5.41, 5.74) is 2.73. The highest BCUT2D eigenvalue weighted by Crippen LogP contribution is 2.36. The van der Waals surface area contributed by atoms with Crippen LogP contribution in [0.25, 0.3) is 10.9 Å². The van der Waals surface area contributed by atoms with Crippen LogP contribution in [0.15, 0.2) is 42.6 Å². The molecule has 0 radical (unpaired) electrons. The van der Waals surface area contributed by atoms with Gasteiger partial charge in [0.25, 0.3) is 0 Å². The molecule has 0 aliphatic rings.